The van der Waals surface area contributed by atoms with Gasteiger partial charge in [-0.3, -0.25) is 9.59 Å². The Bertz CT molecular complexity index is 531. The largest absolute Gasteiger partial charge is 0.348 e. The van der Waals surface area contributed by atoms with Crippen molar-refractivity contribution in [2.75, 3.05) is 0 Å². The molecule has 1 N–H and O–H groups in total. The molecule has 0 bridgehead atoms. The molecule has 4 nitrogen and oxygen atoms in total. The molecule has 1 atom stereocenters. The van der Waals surface area contributed by atoms with Crippen molar-refractivity contribution >= 4 is 5.91 Å². The van der Waals surface area contributed by atoms with Gasteiger partial charge in [0.25, 0.3) is 5.56 Å². The molecular weight excluding hydrogens is 240 g/mol. The molecule has 0 aromatic carbocycles. The maximum Gasteiger partial charge on any atom is 0.250 e. The summed E-state index contributed by atoms with van der Waals surface area (Å²) in [4.78, 5) is 23.4. The zero-order chi connectivity index (χ0) is 13.7. The molecule has 0 spiro atoms. The van der Waals surface area contributed by atoms with Gasteiger partial charge in [0, 0.05) is 18.3 Å². The van der Waals surface area contributed by atoms with Gasteiger partial charge in [0.05, 0.1) is 0 Å². The van der Waals surface area contributed by atoms with E-state index in [2.05, 4.69) is 11.4 Å². The fourth-order valence-corrected chi connectivity index (χ4v) is 2.38. The monoisotopic (exact) mass is 260 g/mol. The average Bonchev–Trinajstić information content (AvgIpc) is 2.42. The molecule has 1 aromatic heterocycles. The first kappa shape index (κ1) is 13.6. The highest BCUT2D eigenvalue weighted by atomic mass is 16.2. The Morgan fingerprint density at radius 2 is 2.26 bits per heavy atom. The Hall–Kier alpha value is -1.84. The summed E-state index contributed by atoms with van der Waals surface area (Å²) >= 11 is 0. The highest BCUT2D eigenvalue weighted by Crippen LogP contribution is 2.19. The van der Waals surface area contributed by atoms with E-state index in [1.165, 1.54) is 29.0 Å². The van der Waals surface area contributed by atoms with Crippen molar-refractivity contribution in [3.8, 4) is 0 Å². The lowest BCUT2D eigenvalue weighted by atomic mass is 9.95. The number of pyridine rings is 1. The number of hydrogen-bond donors (Lipinski definition) is 1. The maximum absolute atomic E-state index is 11.9. The van der Waals surface area contributed by atoms with E-state index in [1.807, 2.05) is 6.92 Å². The molecule has 102 valence electrons. The number of hydrogen-bond acceptors (Lipinski definition) is 2. The van der Waals surface area contributed by atoms with Crippen LogP contribution >= 0.6 is 0 Å². The Kier molecular flexibility index (Phi) is 4.55. The van der Waals surface area contributed by atoms with Gasteiger partial charge in [-0.05, 0) is 38.7 Å². The Balaban J connectivity index is 1.92. The third-order valence-electron chi connectivity index (χ3n) is 3.47. The quantitative estimate of drug-likeness (QED) is 0.840. The average molecular weight is 260 g/mol. The fourth-order valence-electron chi connectivity index (χ4n) is 2.38. The number of carbonyl (C=O) groups is 1. The van der Waals surface area contributed by atoms with E-state index in [9.17, 15) is 9.59 Å². The van der Waals surface area contributed by atoms with Crippen LogP contribution in [0.5, 0.6) is 0 Å². The van der Waals surface area contributed by atoms with Crippen LogP contribution in [0.3, 0.4) is 0 Å². The molecule has 4 heteroatoms. The van der Waals surface area contributed by atoms with Crippen LogP contribution in [0.2, 0.25) is 0 Å². The van der Waals surface area contributed by atoms with Crippen LogP contribution in [0.15, 0.2) is 40.8 Å². The van der Waals surface area contributed by atoms with Crippen molar-refractivity contribution in [3.05, 3.63) is 46.4 Å². The van der Waals surface area contributed by atoms with Gasteiger partial charge in [-0.15, -0.1) is 0 Å². The topological polar surface area (TPSA) is 51.1 Å². The van der Waals surface area contributed by atoms with E-state index in [4.69, 9.17) is 0 Å². The predicted molar refractivity (Wildman–Crippen MR) is 74.9 cm³/mol. The van der Waals surface area contributed by atoms with Gasteiger partial charge in [-0.1, -0.05) is 17.7 Å². The highest BCUT2D eigenvalue weighted by Gasteiger charge is 2.14. The lowest BCUT2D eigenvalue weighted by Gasteiger charge is -2.21. The molecule has 0 fully saturated rings. The second-order valence-electron chi connectivity index (χ2n) is 4.98. The van der Waals surface area contributed by atoms with Gasteiger partial charge in [-0.2, -0.15) is 0 Å². The van der Waals surface area contributed by atoms with E-state index < -0.39 is 0 Å². The second-order valence-corrected chi connectivity index (χ2v) is 4.98. The van der Waals surface area contributed by atoms with Crippen molar-refractivity contribution in [2.24, 2.45) is 0 Å². The van der Waals surface area contributed by atoms with Crippen molar-refractivity contribution in [3.63, 3.8) is 0 Å². The van der Waals surface area contributed by atoms with Crippen molar-refractivity contribution < 1.29 is 4.79 Å². The van der Waals surface area contributed by atoms with Gasteiger partial charge in [-0.25, -0.2) is 0 Å². The summed E-state index contributed by atoms with van der Waals surface area (Å²) < 4.78 is 1.41. The number of carbonyl (C=O) groups excluding carboxylic acids is 1. The van der Waals surface area contributed by atoms with Crippen LogP contribution in [-0.2, 0) is 11.3 Å². The van der Waals surface area contributed by atoms with Crippen LogP contribution in [0.25, 0.3) is 0 Å². The van der Waals surface area contributed by atoms with Crippen molar-refractivity contribution in [1.29, 1.82) is 0 Å². The number of nitrogens with zero attached hydrogens (tertiary/aromatic N) is 1. The first-order chi connectivity index (χ1) is 9.16. The van der Waals surface area contributed by atoms with Gasteiger partial charge in [0.2, 0.25) is 5.91 Å². The second kappa shape index (κ2) is 6.36. The summed E-state index contributed by atoms with van der Waals surface area (Å²) in [5.74, 6) is -0.118. The van der Waals surface area contributed by atoms with Crippen molar-refractivity contribution in [2.45, 2.75) is 45.2 Å². The number of allylic oxidation sites excluding steroid dienone is 1. The van der Waals surface area contributed by atoms with Crippen LogP contribution in [-0.4, -0.2) is 16.5 Å². The molecule has 1 amide bonds. The third-order valence-corrected chi connectivity index (χ3v) is 3.47. The molecule has 0 radical (unpaired) electrons. The SMILES string of the molecule is C[C@H](NC(=O)Cn1ccccc1=O)C1=CCCCC1. The number of nitrogens with one attached hydrogen (secondary N) is 1. The molecule has 0 saturated carbocycles. The van der Waals surface area contributed by atoms with Crippen LogP contribution in [0.4, 0.5) is 0 Å². The Morgan fingerprint density at radius 3 is 2.95 bits per heavy atom. The van der Waals surface area contributed by atoms with E-state index in [0.29, 0.717) is 0 Å². The van der Waals surface area contributed by atoms with Crippen LogP contribution in [0.1, 0.15) is 32.6 Å². The minimum atomic E-state index is -0.151. The zero-order valence-corrected chi connectivity index (χ0v) is 11.3. The predicted octanol–water partition coefficient (Wildman–Crippen LogP) is 1.85. The molecule has 2 rings (SSSR count). The summed E-state index contributed by atoms with van der Waals surface area (Å²) in [7, 11) is 0. The molecule has 19 heavy (non-hydrogen) atoms. The van der Waals surface area contributed by atoms with E-state index in [-0.39, 0.29) is 24.1 Å². The molecule has 0 saturated heterocycles. The lowest BCUT2D eigenvalue weighted by molar-refractivity contribution is -0.122. The van der Waals surface area contributed by atoms with Crippen LogP contribution in [0, 0.1) is 0 Å². The first-order valence-corrected chi connectivity index (χ1v) is 6.80. The Labute approximate surface area is 113 Å². The van der Waals surface area contributed by atoms with Gasteiger partial charge < -0.3 is 9.88 Å². The van der Waals surface area contributed by atoms with E-state index >= 15 is 0 Å². The zero-order valence-electron chi connectivity index (χ0n) is 11.3. The third kappa shape index (κ3) is 3.81. The molecule has 0 unspecified atom stereocenters. The van der Waals surface area contributed by atoms with Crippen LogP contribution < -0.4 is 10.9 Å². The molecule has 1 aliphatic rings. The van der Waals surface area contributed by atoms with Gasteiger partial charge in [0.15, 0.2) is 0 Å². The molecule has 0 aliphatic heterocycles. The van der Waals surface area contributed by atoms with E-state index in [0.717, 1.165) is 12.8 Å². The number of rotatable bonds is 4. The molecular formula is C15H20N2O2. The summed E-state index contributed by atoms with van der Waals surface area (Å²) in [6.07, 6.45) is 8.46. The van der Waals surface area contributed by atoms with Gasteiger partial charge in [0.1, 0.15) is 6.54 Å². The minimum absolute atomic E-state index is 0.0622. The Morgan fingerprint density at radius 1 is 1.42 bits per heavy atom. The molecule has 1 heterocycles. The number of amides is 1. The summed E-state index contributed by atoms with van der Waals surface area (Å²) in [6.45, 7) is 2.08. The minimum Gasteiger partial charge on any atom is -0.348 e. The summed E-state index contributed by atoms with van der Waals surface area (Å²) in [5, 5.41) is 2.96. The normalized spacial score (nSPS) is 16.6. The smallest absolute Gasteiger partial charge is 0.250 e. The fraction of sp³-hybridized carbons (Fsp3) is 0.467. The lowest BCUT2D eigenvalue weighted by Crippen LogP contribution is -2.38. The standard InChI is InChI=1S/C15H20N2O2/c1-12(13-7-3-2-4-8-13)16-14(18)11-17-10-6-5-9-15(17)19/h5-7,9-10,12H,2-4,8,11H2,1H3,(H,16,18)/t12-/m0/s1. The van der Waals surface area contributed by atoms with E-state index in [1.54, 1.807) is 18.3 Å². The highest BCUT2D eigenvalue weighted by molar-refractivity contribution is 5.76. The number of aromatic nitrogens is 1. The van der Waals surface area contributed by atoms with Gasteiger partial charge >= 0.3 is 0 Å². The molecule has 1 aromatic rings. The van der Waals surface area contributed by atoms with Crippen molar-refractivity contribution in [1.82, 2.24) is 9.88 Å². The first-order valence-electron chi connectivity index (χ1n) is 6.80. The summed E-state index contributed by atoms with van der Waals surface area (Å²) in [5.41, 5.74) is 1.15. The molecule has 1 aliphatic carbocycles. The summed E-state index contributed by atoms with van der Waals surface area (Å²) in [6, 6.07) is 4.95. The maximum atomic E-state index is 11.9.